The topological polar surface area (TPSA) is 46.3 Å². The number of anilines is 1. The number of nitrogens with zero attached hydrogens (tertiary/aromatic N) is 1. The van der Waals surface area contributed by atoms with Crippen molar-refractivity contribution in [1.29, 1.82) is 0 Å². The van der Waals surface area contributed by atoms with Gasteiger partial charge in [-0.05, 0) is 24.1 Å². The van der Waals surface area contributed by atoms with E-state index in [-0.39, 0.29) is 5.91 Å². The summed E-state index contributed by atoms with van der Waals surface area (Å²) in [4.78, 5) is 13.7. The van der Waals surface area contributed by atoms with Crippen molar-refractivity contribution in [2.75, 3.05) is 19.3 Å². The summed E-state index contributed by atoms with van der Waals surface area (Å²) in [5.74, 6) is 0.411. The first-order chi connectivity index (χ1) is 7.41. The lowest BCUT2D eigenvalue weighted by molar-refractivity contribution is 0.0779. The van der Waals surface area contributed by atoms with Crippen molar-refractivity contribution in [3.05, 3.63) is 28.8 Å². The Morgan fingerprint density at radius 1 is 1.50 bits per heavy atom. The summed E-state index contributed by atoms with van der Waals surface area (Å²) in [6.07, 6.45) is 0. The number of rotatable bonds is 3. The van der Waals surface area contributed by atoms with Gasteiger partial charge in [-0.15, -0.1) is 0 Å². The molecule has 0 aliphatic heterocycles. The molecule has 0 heterocycles. The number of carbonyl (C=O) groups excluding carboxylic acids is 1. The molecule has 0 aliphatic carbocycles. The maximum atomic E-state index is 12.0. The van der Waals surface area contributed by atoms with E-state index in [2.05, 4.69) is 13.8 Å². The lowest BCUT2D eigenvalue weighted by Gasteiger charge is -2.19. The van der Waals surface area contributed by atoms with Crippen LogP contribution in [0.15, 0.2) is 18.2 Å². The highest BCUT2D eigenvalue weighted by molar-refractivity contribution is 6.33. The van der Waals surface area contributed by atoms with E-state index in [9.17, 15) is 4.79 Å². The van der Waals surface area contributed by atoms with Gasteiger partial charge in [-0.3, -0.25) is 4.79 Å². The van der Waals surface area contributed by atoms with Crippen molar-refractivity contribution in [3.8, 4) is 0 Å². The fraction of sp³-hybridized carbons (Fsp3) is 0.417. The molecule has 3 nitrogen and oxygen atoms in total. The predicted molar refractivity (Wildman–Crippen MR) is 67.7 cm³/mol. The third-order valence-corrected chi connectivity index (χ3v) is 2.56. The normalized spacial score (nSPS) is 10.6. The zero-order chi connectivity index (χ0) is 12.3. The summed E-state index contributed by atoms with van der Waals surface area (Å²) in [5, 5.41) is 0.420. The van der Waals surface area contributed by atoms with Crippen LogP contribution in [0.1, 0.15) is 24.2 Å². The number of amides is 1. The quantitative estimate of drug-likeness (QED) is 0.826. The van der Waals surface area contributed by atoms with Gasteiger partial charge in [0.25, 0.3) is 5.91 Å². The van der Waals surface area contributed by atoms with Crippen molar-refractivity contribution in [2.24, 2.45) is 5.92 Å². The second-order valence-corrected chi connectivity index (χ2v) is 4.72. The van der Waals surface area contributed by atoms with E-state index in [0.717, 1.165) is 6.54 Å². The fourth-order valence-corrected chi connectivity index (χ4v) is 1.69. The molecule has 0 radical (unpaired) electrons. The molecular weight excluding hydrogens is 224 g/mol. The van der Waals surface area contributed by atoms with Crippen LogP contribution in [-0.4, -0.2) is 24.4 Å². The Morgan fingerprint density at radius 3 is 2.62 bits per heavy atom. The molecule has 0 fully saturated rings. The second kappa shape index (κ2) is 5.21. The first kappa shape index (κ1) is 12.8. The highest BCUT2D eigenvalue weighted by Crippen LogP contribution is 2.20. The molecule has 0 unspecified atom stereocenters. The van der Waals surface area contributed by atoms with E-state index in [0.29, 0.717) is 22.2 Å². The monoisotopic (exact) mass is 240 g/mol. The number of hydrogen-bond donors (Lipinski definition) is 1. The summed E-state index contributed by atoms with van der Waals surface area (Å²) in [6.45, 7) is 4.86. The summed E-state index contributed by atoms with van der Waals surface area (Å²) < 4.78 is 0. The Labute approximate surface area is 101 Å². The number of carbonyl (C=O) groups is 1. The minimum absolute atomic E-state index is 0.0319. The average Bonchev–Trinajstić information content (AvgIpc) is 2.20. The van der Waals surface area contributed by atoms with Gasteiger partial charge in [0.05, 0.1) is 10.7 Å². The lowest BCUT2D eigenvalue weighted by atomic mass is 10.1. The van der Waals surface area contributed by atoms with Crippen LogP contribution in [-0.2, 0) is 0 Å². The van der Waals surface area contributed by atoms with E-state index >= 15 is 0 Å². The molecule has 0 aromatic heterocycles. The van der Waals surface area contributed by atoms with Gasteiger partial charge >= 0.3 is 0 Å². The smallest absolute Gasteiger partial charge is 0.253 e. The van der Waals surface area contributed by atoms with E-state index in [1.807, 2.05) is 0 Å². The standard InChI is InChI=1S/C12H17ClN2O/c1-8(2)7-15(3)12(16)9-4-5-11(14)10(13)6-9/h4-6,8H,7,14H2,1-3H3. The molecule has 0 bridgehead atoms. The maximum Gasteiger partial charge on any atom is 0.253 e. The van der Waals surface area contributed by atoms with Crippen LogP contribution in [0.2, 0.25) is 5.02 Å². The van der Waals surface area contributed by atoms with Crippen molar-refractivity contribution in [1.82, 2.24) is 4.90 Å². The highest BCUT2D eigenvalue weighted by Gasteiger charge is 2.13. The van der Waals surface area contributed by atoms with E-state index in [1.165, 1.54) is 0 Å². The van der Waals surface area contributed by atoms with Crippen LogP contribution in [0, 0.1) is 5.92 Å². The fourth-order valence-electron chi connectivity index (χ4n) is 1.51. The Kier molecular flexibility index (Phi) is 4.19. The minimum atomic E-state index is -0.0319. The first-order valence-electron chi connectivity index (χ1n) is 5.22. The third kappa shape index (κ3) is 3.14. The van der Waals surface area contributed by atoms with Gasteiger partial charge in [-0.25, -0.2) is 0 Å². The largest absolute Gasteiger partial charge is 0.398 e. The average molecular weight is 241 g/mol. The van der Waals surface area contributed by atoms with E-state index in [1.54, 1.807) is 30.1 Å². The maximum absolute atomic E-state index is 12.0. The summed E-state index contributed by atoms with van der Waals surface area (Å²) in [6, 6.07) is 4.95. The van der Waals surface area contributed by atoms with E-state index in [4.69, 9.17) is 17.3 Å². The molecule has 1 rings (SSSR count). The number of nitrogen functional groups attached to an aromatic ring is 1. The molecule has 0 saturated carbocycles. The lowest BCUT2D eigenvalue weighted by Crippen LogP contribution is -2.30. The molecule has 0 atom stereocenters. The van der Waals surface area contributed by atoms with Crippen LogP contribution < -0.4 is 5.73 Å². The molecule has 88 valence electrons. The summed E-state index contributed by atoms with van der Waals surface area (Å²) in [5.41, 5.74) is 6.65. The van der Waals surface area contributed by atoms with Gasteiger partial charge in [-0.2, -0.15) is 0 Å². The number of benzene rings is 1. The Balaban J connectivity index is 2.84. The van der Waals surface area contributed by atoms with Gasteiger partial charge in [-0.1, -0.05) is 25.4 Å². The molecular formula is C12H17ClN2O. The minimum Gasteiger partial charge on any atom is -0.398 e. The second-order valence-electron chi connectivity index (χ2n) is 4.32. The molecule has 1 aromatic rings. The van der Waals surface area contributed by atoms with Gasteiger partial charge in [0.2, 0.25) is 0 Å². The number of nitrogens with two attached hydrogens (primary N) is 1. The highest BCUT2D eigenvalue weighted by atomic mass is 35.5. The molecule has 1 aromatic carbocycles. The number of halogens is 1. The van der Waals surface area contributed by atoms with E-state index < -0.39 is 0 Å². The molecule has 4 heteroatoms. The van der Waals surface area contributed by atoms with Crippen molar-refractivity contribution < 1.29 is 4.79 Å². The Bertz CT molecular complexity index is 391. The van der Waals surface area contributed by atoms with Crippen molar-refractivity contribution in [3.63, 3.8) is 0 Å². The van der Waals surface area contributed by atoms with Gasteiger partial charge in [0.1, 0.15) is 0 Å². The third-order valence-electron chi connectivity index (χ3n) is 2.23. The zero-order valence-corrected chi connectivity index (χ0v) is 10.6. The Hall–Kier alpha value is -1.22. The van der Waals surface area contributed by atoms with Gasteiger partial charge < -0.3 is 10.6 Å². The van der Waals surface area contributed by atoms with Crippen molar-refractivity contribution >= 4 is 23.2 Å². The van der Waals surface area contributed by atoms with Crippen LogP contribution in [0.25, 0.3) is 0 Å². The molecule has 2 N–H and O–H groups in total. The van der Waals surface area contributed by atoms with Crippen LogP contribution >= 0.6 is 11.6 Å². The molecule has 0 aliphatic rings. The molecule has 0 saturated heterocycles. The Morgan fingerprint density at radius 2 is 2.12 bits per heavy atom. The van der Waals surface area contributed by atoms with Crippen molar-refractivity contribution in [2.45, 2.75) is 13.8 Å². The summed E-state index contributed by atoms with van der Waals surface area (Å²) in [7, 11) is 1.78. The van der Waals surface area contributed by atoms with Crippen LogP contribution in [0.5, 0.6) is 0 Å². The SMILES string of the molecule is CC(C)CN(C)C(=O)c1ccc(N)c(Cl)c1. The van der Waals surface area contributed by atoms with Gasteiger partial charge in [0.15, 0.2) is 0 Å². The van der Waals surface area contributed by atoms with Crippen LogP contribution in [0.4, 0.5) is 5.69 Å². The van der Waals surface area contributed by atoms with Gasteiger partial charge in [0, 0.05) is 19.2 Å². The zero-order valence-electron chi connectivity index (χ0n) is 9.83. The number of hydrogen-bond acceptors (Lipinski definition) is 2. The molecule has 16 heavy (non-hydrogen) atoms. The summed E-state index contributed by atoms with van der Waals surface area (Å²) >= 11 is 5.87. The first-order valence-corrected chi connectivity index (χ1v) is 5.60. The molecule has 0 spiro atoms. The predicted octanol–water partition coefficient (Wildman–Crippen LogP) is 2.65. The van der Waals surface area contributed by atoms with Crippen LogP contribution in [0.3, 0.4) is 0 Å². The molecule has 1 amide bonds.